The largest absolute Gasteiger partial charge is 0.356 e. The Kier molecular flexibility index (Phi) is 6.96. The molecule has 0 saturated carbocycles. The minimum atomic E-state index is -0.0779. The van der Waals surface area contributed by atoms with Gasteiger partial charge in [0.2, 0.25) is 11.8 Å². The van der Waals surface area contributed by atoms with E-state index in [9.17, 15) is 9.59 Å². The summed E-state index contributed by atoms with van der Waals surface area (Å²) in [6, 6.07) is 7.95. The zero-order chi connectivity index (χ0) is 16.7. The van der Waals surface area contributed by atoms with Crippen LogP contribution in [0.2, 0.25) is 0 Å². The molecule has 2 rings (SSSR count). The maximum atomic E-state index is 12.3. The van der Waals surface area contributed by atoms with Crippen molar-refractivity contribution in [3.63, 3.8) is 0 Å². The Hall–Kier alpha value is -1.49. The van der Waals surface area contributed by atoms with Crippen molar-refractivity contribution >= 4 is 29.3 Å². The van der Waals surface area contributed by atoms with Crippen molar-refractivity contribution in [3.05, 3.63) is 29.8 Å². The van der Waals surface area contributed by atoms with Gasteiger partial charge in [-0.15, -0.1) is 11.8 Å². The Bertz CT molecular complexity index is 546. The van der Waals surface area contributed by atoms with Crippen LogP contribution in [-0.4, -0.2) is 29.4 Å². The molecule has 4 nitrogen and oxygen atoms in total. The number of hydrogen-bond donors (Lipinski definition) is 2. The fraction of sp³-hybridized carbons (Fsp3) is 0.556. The van der Waals surface area contributed by atoms with Gasteiger partial charge in [0.25, 0.3) is 0 Å². The van der Waals surface area contributed by atoms with Crippen molar-refractivity contribution in [1.82, 2.24) is 5.32 Å². The number of benzene rings is 1. The highest BCUT2D eigenvalue weighted by Gasteiger charge is 2.23. The van der Waals surface area contributed by atoms with Gasteiger partial charge in [-0.05, 0) is 36.8 Å². The van der Waals surface area contributed by atoms with Gasteiger partial charge in [0.05, 0.1) is 5.25 Å². The summed E-state index contributed by atoms with van der Waals surface area (Å²) >= 11 is 1.58. The minimum Gasteiger partial charge on any atom is -0.356 e. The third-order valence-electron chi connectivity index (χ3n) is 3.94. The van der Waals surface area contributed by atoms with Gasteiger partial charge in [-0.2, -0.15) is 0 Å². The second-order valence-electron chi connectivity index (χ2n) is 6.33. The highest BCUT2D eigenvalue weighted by molar-refractivity contribution is 8.00. The topological polar surface area (TPSA) is 58.2 Å². The lowest BCUT2D eigenvalue weighted by atomic mass is 10.1. The van der Waals surface area contributed by atoms with Crippen molar-refractivity contribution in [2.75, 3.05) is 17.6 Å². The first-order valence-electron chi connectivity index (χ1n) is 8.33. The van der Waals surface area contributed by atoms with Gasteiger partial charge in [-0.1, -0.05) is 32.0 Å². The zero-order valence-corrected chi connectivity index (χ0v) is 14.7. The van der Waals surface area contributed by atoms with E-state index in [-0.39, 0.29) is 17.1 Å². The molecule has 2 N–H and O–H groups in total. The average Bonchev–Trinajstić information content (AvgIpc) is 2.66. The fourth-order valence-electron chi connectivity index (χ4n) is 2.53. The predicted molar refractivity (Wildman–Crippen MR) is 96.7 cm³/mol. The Labute approximate surface area is 142 Å². The molecule has 1 heterocycles. The number of fused-ring (bicyclic) bond motifs is 1. The zero-order valence-electron chi connectivity index (χ0n) is 13.9. The second-order valence-corrected chi connectivity index (χ2v) is 7.64. The van der Waals surface area contributed by atoms with Crippen LogP contribution in [0.25, 0.3) is 0 Å². The highest BCUT2D eigenvalue weighted by Crippen LogP contribution is 2.27. The number of hydrogen-bond acceptors (Lipinski definition) is 3. The molecule has 0 aromatic heterocycles. The van der Waals surface area contributed by atoms with Crippen molar-refractivity contribution in [1.29, 1.82) is 0 Å². The van der Waals surface area contributed by atoms with Crippen LogP contribution in [0, 0.1) is 5.92 Å². The van der Waals surface area contributed by atoms with E-state index in [1.54, 1.807) is 11.8 Å². The number of rotatable bonds is 7. The van der Waals surface area contributed by atoms with E-state index in [4.69, 9.17) is 0 Å². The van der Waals surface area contributed by atoms with E-state index >= 15 is 0 Å². The van der Waals surface area contributed by atoms with Crippen LogP contribution in [0.1, 0.15) is 38.7 Å². The minimum absolute atomic E-state index is 0.0557. The lowest BCUT2D eigenvalue weighted by Crippen LogP contribution is -2.27. The van der Waals surface area contributed by atoms with Crippen molar-refractivity contribution in [2.24, 2.45) is 5.92 Å². The van der Waals surface area contributed by atoms with Crippen LogP contribution < -0.4 is 10.6 Å². The van der Waals surface area contributed by atoms with E-state index in [1.165, 1.54) is 5.56 Å². The van der Waals surface area contributed by atoms with Crippen molar-refractivity contribution in [3.8, 4) is 0 Å². The van der Waals surface area contributed by atoms with Crippen LogP contribution in [0.3, 0.4) is 0 Å². The van der Waals surface area contributed by atoms with Crippen LogP contribution in [0.15, 0.2) is 24.3 Å². The van der Waals surface area contributed by atoms with E-state index in [0.717, 1.165) is 31.5 Å². The Morgan fingerprint density at radius 1 is 1.39 bits per heavy atom. The molecular weight excluding hydrogens is 308 g/mol. The molecule has 0 aliphatic carbocycles. The molecule has 23 heavy (non-hydrogen) atoms. The number of carbonyl (C=O) groups excluding carboxylic acids is 2. The molecule has 1 aromatic rings. The predicted octanol–water partition coefficient (Wildman–Crippen LogP) is 3.23. The van der Waals surface area contributed by atoms with Gasteiger partial charge in [-0.25, -0.2) is 0 Å². The first-order valence-corrected chi connectivity index (χ1v) is 9.38. The lowest BCUT2D eigenvalue weighted by Gasteiger charge is -2.13. The Morgan fingerprint density at radius 3 is 2.96 bits per heavy atom. The third-order valence-corrected chi connectivity index (χ3v) is 5.23. The molecule has 0 unspecified atom stereocenters. The van der Waals surface area contributed by atoms with E-state index in [1.807, 2.05) is 18.2 Å². The maximum Gasteiger partial charge on any atom is 0.237 e. The molecule has 1 atom stereocenters. The number of amides is 2. The normalized spacial score (nSPS) is 17.3. The summed E-state index contributed by atoms with van der Waals surface area (Å²) in [5.74, 6) is 1.42. The van der Waals surface area contributed by atoms with Crippen LogP contribution in [0.4, 0.5) is 5.69 Å². The number of para-hydroxylation sites is 1. The summed E-state index contributed by atoms with van der Waals surface area (Å²) in [5, 5.41) is 5.86. The molecule has 0 bridgehead atoms. The molecular formula is C18H26N2O2S. The molecule has 0 fully saturated rings. The monoisotopic (exact) mass is 334 g/mol. The molecule has 0 radical (unpaired) electrons. The molecule has 1 aliphatic rings. The van der Waals surface area contributed by atoms with Crippen molar-refractivity contribution in [2.45, 2.75) is 44.8 Å². The first-order chi connectivity index (χ1) is 11.1. The molecule has 0 saturated heterocycles. The molecule has 126 valence electrons. The number of thioether (sulfide) groups is 1. The van der Waals surface area contributed by atoms with Gasteiger partial charge in [0.15, 0.2) is 0 Å². The van der Waals surface area contributed by atoms with Gasteiger partial charge in [0, 0.05) is 24.4 Å². The Morgan fingerprint density at radius 2 is 2.17 bits per heavy atom. The molecule has 1 aromatic carbocycles. The van der Waals surface area contributed by atoms with E-state index in [0.29, 0.717) is 18.1 Å². The van der Waals surface area contributed by atoms with Gasteiger partial charge >= 0.3 is 0 Å². The van der Waals surface area contributed by atoms with E-state index < -0.39 is 0 Å². The summed E-state index contributed by atoms with van der Waals surface area (Å²) < 4.78 is 0. The van der Waals surface area contributed by atoms with Crippen LogP contribution in [-0.2, 0) is 16.0 Å². The quantitative estimate of drug-likeness (QED) is 0.805. The third kappa shape index (κ3) is 5.90. The summed E-state index contributed by atoms with van der Waals surface area (Å²) in [6.07, 6.45) is 3.19. The standard InChI is InChI=1S/C18H26N2O2S/c1-13(2)9-11-19-17(21)10-12-23-16-8-7-14-5-3-4-6-15(14)20-18(16)22/h3-6,13,16H,7-12H2,1-2H3,(H,19,21)(H,20,22)/t16-/m1/s1. The van der Waals surface area contributed by atoms with Crippen molar-refractivity contribution < 1.29 is 9.59 Å². The molecule has 5 heteroatoms. The van der Waals surface area contributed by atoms with Gasteiger partial charge in [0.1, 0.15) is 0 Å². The summed E-state index contributed by atoms with van der Waals surface area (Å²) in [6.45, 7) is 5.02. The summed E-state index contributed by atoms with van der Waals surface area (Å²) in [5.41, 5.74) is 2.11. The van der Waals surface area contributed by atoms with Crippen LogP contribution in [0.5, 0.6) is 0 Å². The second kappa shape index (κ2) is 8.96. The Balaban J connectivity index is 1.72. The number of carbonyl (C=O) groups is 2. The van der Waals surface area contributed by atoms with Gasteiger partial charge < -0.3 is 10.6 Å². The molecule has 2 amide bonds. The van der Waals surface area contributed by atoms with Gasteiger partial charge in [-0.3, -0.25) is 9.59 Å². The summed E-state index contributed by atoms with van der Waals surface area (Å²) in [7, 11) is 0. The SMILES string of the molecule is CC(C)CCNC(=O)CCS[C@@H]1CCc2ccccc2NC1=O. The van der Waals surface area contributed by atoms with Crippen LogP contribution >= 0.6 is 11.8 Å². The first kappa shape index (κ1) is 17.9. The summed E-state index contributed by atoms with van der Waals surface area (Å²) in [4.78, 5) is 24.0. The fourth-order valence-corrected chi connectivity index (χ4v) is 3.62. The average molecular weight is 334 g/mol. The highest BCUT2D eigenvalue weighted by atomic mass is 32.2. The lowest BCUT2D eigenvalue weighted by molar-refractivity contribution is -0.120. The number of aryl methyl sites for hydroxylation is 1. The smallest absolute Gasteiger partial charge is 0.237 e. The van der Waals surface area contributed by atoms with E-state index in [2.05, 4.69) is 30.5 Å². The molecule has 1 aliphatic heterocycles. The number of nitrogens with one attached hydrogen (secondary N) is 2. The maximum absolute atomic E-state index is 12.3. The molecule has 0 spiro atoms. The number of anilines is 1.